The minimum atomic E-state index is -0.255. The summed E-state index contributed by atoms with van der Waals surface area (Å²) < 4.78 is 13.6. The van der Waals surface area contributed by atoms with Gasteiger partial charge in [-0.25, -0.2) is 4.39 Å². The number of benzene rings is 1. The van der Waals surface area contributed by atoms with Crippen LogP contribution in [0.25, 0.3) is 0 Å². The van der Waals surface area contributed by atoms with E-state index in [-0.39, 0.29) is 17.6 Å². The van der Waals surface area contributed by atoms with Gasteiger partial charge in [-0.1, -0.05) is 31.0 Å². The molecule has 0 aliphatic heterocycles. The monoisotopic (exact) mass is 320 g/mol. The Hall–Kier alpha value is -1.91. The van der Waals surface area contributed by atoms with Gasteiger partial charge in [-0.05, 0) is 30.9 Å². The molecule has 0 spiro atoms. The summed E-state index contributed by atoms with van der Waals surface area (Å²) >= 11 is 0. The van der Waals surface area contributed by atoms with Crippen LogP contribution in [-0.4, -0.2) is 35.8 Å². The fourth-order valence-corrected chi connectivity index (χ4v) is 2.99. The molecule has 4 nitrogen and oxygen atoms in total. The van der Waals surface area contributed by atoms with E-state index < -0.39 is 0 Å². The molecular weight excluding hydrogens is 295 g/mol. The number of nitrogens with zero attached hydrogens (tertiary/aromatic N) is 1. The van der Waals surface area contributed by atoms with E-state index >= 15 is 0 Å². The van der Waals surface area contributed by atoms with E-state index in [2.05, 4.69) is 5.32 Å². The van der Waals surface area contributed by atoms with Crippen LogP contribution < -0.4 is 5.32 Å². The van der Waals surface area contributed by atoms with Gasteiger partial charge in [-0.3, -0.25) is 9.59 Å². The van der Waals surface area contributed by atoms with Crippen LogP contribution >= 0.6 is 0 Å². The number of hydrogen-bond acceptors (Lipinski definition) is 2. The number of carbonyl (C=O) groups is 2. The van der Waals surface area contributed by atoms with Crippen molar-refractivity contribution in [1.29, 1.82) is 0 Å². The first-order valence-corrected chi connectivity index (χ1v) is 8.34. The molecule has 1 aromatic rings. The molecule has 0 saturated heterocycles. The molecule has 23 heavy (non-hydrogen) atoms. The van der Waals surface area contributed by atoms with Crippen molar-refractivity contribution in [3.63, 3.8) is 0 Å². The van der Waals surface area contributed by atoms with Crippen LogP contribution in [0.5, 0.6) is 0 Å². The van der Waals surface area contributed by atoms with Gasteiger partial charge < -0.3 is 10.2 Å². The average Bonchev–Trinajstić information content (AvgIpc) is 3.01. The molecule has 0 unspecified atom stereocenters. The highest BCUT2D eigenvalue weighted by Crippen LogP contribution is 2.17. The summed E-state index contributed by atoms with van der Waals surface area (Å²) in [4.78, 5) is 25.3. The SMILES string of the molecule is CC(=O)N(CCC(=O)NC1CCCC1)CCc1ccccc1F. The molecule has 2 amide bonds. The maximum atomic E-state index is 13.6. The Labute approximate surface area is 137 Å². The molecule has 1 fully saturated rings. The second-order valence-electron chi connectivity index (χ2n) is 6.15. The van der Waals surface area contributed by atoms with Crippen molar-refractivity contribution in [2.75, 3.05) is 13.1 Å². The Kier molecular flexibility index (Phi) is 6.56. The first-order chi connectivity index (χ1) is 11.1. The molecule has 2 rings (SSSR count). The van der Waals surface area contributed by atoms with Crippen LogP contribution in [0, 0.1) is 5.82 Å². The number of halogens is 1. The number of carbonyl (C=O) groups excluding carboxylic acids is 2. The van der Waals surface area contributed by atoms with Gasteiger partial charge >= 0.3 is 0 Å². The molecule has 1 aromatic carbocycles. The molecule has 126 valence electrons. The zero-order valence-corrected chi connectivity index (χ0v) is 13.7. The van der Waals surface area contributed by atoms with Crippen molar-refractivity contribution in [3.8, 4) is 0 Å². The van der Waals surface area contributed by atoms with Gasteiger partial charge in [0.05, 0.1) is 0 Å². The third kappa shape index (κ3) is 5.66. The van der Waals surface area contributed by atoms with Crippen molar-refractivity contribution in [1.82, 2.24) is 10.2 Å². The lowest BCUT2D eigenvalue weighted by molar-refractivity contribution is -0.129. The molecule has 0 aromatic heterocycles. The van der Waals surface area contributed by atoms with Crippen LogP contribution in [0.15, 0.2) is 24.3 Å². The summed E-state index contributed by atoms with van der Waals surface area (Å²) in [6.07, 6.45) is 5.20. The van der Waals surface area contributed by atoms with E-state index in [4.69, 9.17) is 0 Å². The maximum absolute atomic E-state index is 13.6. The maximum Gasteiger partial charge on any atom is 0.221 e. The Morgan fingerprint density at radius 2 is 1.91 bits per heavy atom. The lowest BCUT2D eigenvalue weighted by Gasteiger charge is -2.21. The minimum Gasteiger partial charge on any atom is -0.353 e. The Morgan fingerprint density at radius 1 is 1.22 bits per heavy atom. The standard InChI is InChI=1S/C18H25FN2O2/c1-14(22)21(12-10-15-6-2-5-9-17(15)19)13-11-18(23)20-16-7-3-4-8-16/h2,5-6,9,16H,3-4,7-8,10-13H2,1H3,(H,20,23). The third-order valence-corrected chi connectivity index (χ3v) is 4.38. The first kappa shape index (κ1) is 17.4. The Bertz CT molecular complexity index is 542. The molecule has 0 heterocycles. The van der Waals surface area contributed by atoms with E-state index in [0.29, 0.717) is 37.5 Å². The van der Waals surface area contributed by atoms with Gasteiger partial charge in [0.25, 0.3) is 0 Å². The largest absolute Gasteiger partial charge is 0.353 e. The van der Waals surface area contributed by atoms with Crippen LogP contribution in [-0.2, 0) is 16.0 Å². The first-order valence-electron chi connectivity index (χ1n) is 8.34. The number of rotatable bonds is 7. The van der Waals surface area contributed by atoms with Gasteiger partial charge in [0.2, 0.25) is 11.8 Å². The summed E-state index contributed by atoms with van der Waals surface area (Å²) in [5.41, 5.74) is 0.592. The van der Waals surface area contributed by atoms with E-state index in [9.17, 15) is 14.0 Å². The second kappa shape index (κ2) is 8.65. The molecule has 0 bridgehead atoms. The molecule has 0 radical (unpaired) electrons. The molecule has 1 aliphatic carbocycles. The zero-order valence-electron chi connectivity index (χ0n) is 13.7. The zero-order chi connectivity index (χ0) is 16.7. The van der Waals surface area contributed by atoms with Gasteiger partial charge in [-0.15, -0.1) is 0 Å². The van der Waals surface area contributed by atoms with Crippen molar-refractivity contribution >= 4 is 11.8 Å². The van der Waals surface area contributed by atoms with Gasteiger partial charge in [0.15, 0.2) is 0 Å². The van der Waals surface area contributed by atoms with Crippen molar-refractivity contribution in [2.24, 2.45) is 0 Å². The summed E-state index contributed by atoms with van der Waals surface area (Å²) in [7, 11) is 0. The van der Waals surface area contributed by atoms with E-state index in [1.165, 1.54) is 25.8 Å². The van der Waals surface area contributed by atoms with Crippen molar-refractivity contribution in [2.45, 2.75) is 51.5 Å². The van der Waals surface area contributed by atoms with E-state index in [0.717, 1.165) is 12.8 Å². The van der Waals surface area contributed by atoms with Crippen LogP contribution in [0.4, 0.5) is 4.39 Å². The van der Waals surface area contributed by atoms with Crippen molar-refractivity contribution in [3.05, 3.63) is 35.6 Å². The molecule has 1 aliphatic rings. The lowest BCUT2D eigenvalue weighted by atomic mass is 10.1. The molecule has 1 N–H and O–H groups in total. The van der Waals surface area contributed by atoms with Crippen LogP contribution in [0.2, 0.25) is 0 Å². The smallest absolute Gasteiger partial charge is 0.221 e. The van der Waals surface area contributed by atoms with Crippen molar-refractivity contribution < 1.29 is 14.0 Å². The average molecular weight is 320 g/mol. The highest BCUT2D eigenvalue weighted by molar-refractivity contribution is 5.78. The Balaban J connectivity index is 1.78. The van der Waals surface area contributed by atoms with Crippen LogP contribution in [0.1, 0.15) is 44.6 Å². The summed E-state index contributed by atoms with van der Waals surface area (Å²) in [6.45, 7) is 2.28. The third-order valence-electron chi connectivity index (χ3n) is 4.38. The number of nitrogens with one attached hydrogen (secondary N) is 1. The van der Waals surface area contributed by atoms with E-state index in [1.54, 1.807) is 23.1 Å². The predicted octanol–water partition coefficient (Wildman–Crippen LogP) is 2.67. The fourth-order valence-electron chi connectivity index (χ4n) is 2.99. The lowest BCUT2D eigenvalue weighted by Crippen LogP contribution is -2.37. The fraction of sp³-hybridized carbons (Fsp3) is 0.556. The highest BCUT2D eigenvalue weighted by Gasteiger charge is 2.18. The van der Waals surface area contributed by atoms with E-state index in [1.807, 2.05) is 0 Å². The van der Waals surface area contributed by atoms with Gasteiger partial charge in [0.1, 0.15) is 5.82 Å². The number of hydrogen-bond donors (Lipinski definition) is 1. The summed E-state index contributed by atoms with van der Waals surface area (Å²) in [6, 6.07) is 6.87. The summed E-state index contributed by atoms with van der Waals surface area (Å²) in [5, 5.41) is 3.02. The second-order valence-corrected chi connectivity index (χ2v) is 6.15. The predicted molar refractivity (Wildman–Crippen MR) is 87.4 cm³/mol. The van der Waals surface area contributed by atoms with Crippen LogP contribution in [0.3, 0.4) is 0 Å². The number of amides is 2. The molecule has 5 heteroatoms. The highest BCUT2D eigenvalue weighted by atomic mass is 19.1. The minimum absolute atomic E-state index is 0.00552. The Morgan fingerprint density at radius 3 is 2.57 bits per heavy atom. The van der Waals surface area contributed by atoms with Gasteiger partial charge in [-0.2, -0.15) is 0 Å². The molecular formula is C18H25FN2O2. The summed E-state index contributed by atoms with van der Waals surface area (Å²) in [5.74, 6) is -0.348. The topological polar surface area (TPSA) is 49.4 Å². The van der Waals surface area contributed by atoms with Gasteiger partial charge in [0, 0.05) is 32.5 Å². The molecule has 1 saturated carbocycles. The normalized spacial score (nSPS) is 14.7. The quantitative estimate of drug-likeness (QED) is 0.840. The molecule has 0 atom stereocenters.